The molecular formula is C12H21N3S. The van der Waals surface area contributed by atoms with Gasteiger partial charge in [-0.2, -0.15) is 16.9 Å². The van der Waals surface area contributed by atoms with Crippen molar-refractivity contribution < 1.29 is 0 Å². The molecule has 0 bridgehead atoms. The van der Waals surface area contributed by atoms with Gasteiger partial charge in [-0.1, -0.05) is 0 Å². The Kier molecular flexibility index (Phi) is 4.29. The lowest BCUT2D eigenvalue weighted by Crippen LogP contribution is -2.40. The number of hydrogen-bond acceptors (Lipinski definition) is 3. The number of H-pyrrole nitrogens is 1. The zero-order valence-electron chi connectivity index (χ0n) is 10.1. The van der Waals surface area contributed by atoms with E-state index in [1.54, 1.807) is 0 Å². The maximum atomic E-state index is 4.28. The van der Waals surface area contributed by atoms with Crippen molar-refractivity contribution in [3.8, 4) is 0 Å². The SMILES string of the molecule is Cc1cc(CC(C)NC2CCCSC2)n[nH]1. The summed E-state index contributed by atoms with van der Waals surface area (Å²) in [6, 6.07) is 3.36. The van der Waals surface area contributed by atoms with Crippen LogP contribution in [0.4, 0.5) is 0 Å². The largest absolute Gasteiger partial charge is 0.310 e. The highest BCUT2D eigenvalue weighted by molar-refractivity contribution is 7.99. The molecule has 2 rings (SSSR count). The second-order valence-corrected chi connectivity index (χ2v) is 5.88. The molecular weight excluding hydrogens is 218 g/mol. The number of aromatic amines is 1. The van der Waals surface area contributed by atoms with E-state index in [1.165, 1.54) is 30.0 Å². The van der Waals surface area contributed by atoms with Crippen LogP contribution in [-0.4, -0.2) is 33.8 Å². The molecule has 2 atom stereocenters. The Balaban J connectivity index is 1.77. The van der Waals surface area contributed by atoms with E-state index in [2.05, 4.69) is 40.3 Å². The topological polar surface area (TPSA) is 40.7 Å². The van der Waals surface area contributed by atoms with Crippen molar-refractivity contribution in [2.45, 2.75) is 45.2 Å². The molecule has 1 aliphatic rings. The molecule has 1 fully saturated rings. The first-order valence-electron chi connectivity index (χ1n) is 6.08. The minimum Gasteiger partial charge on any atom is -0.310 e. The van der Waals surface area contributed by atoms with E-state index < -0.39 is 0 Å². The molecule has 1 aliphatic heterocycles. The maximum Gasteiger partial charge on any atom is 0.0640 e. The first-order chi connectivity index (χ1) is 7.74. The highest BCUT2D eigenvalue weighted by Crippen LogP contribution is 2.17. The molecule has 2 N–H and O–H groups in total. The summed E-state index contributed by atoms with van der Waals surface area (Å²) >= 11 is 2.07. The quantitative estimate of drug-likeness (QED) is 0.845. The van der Waals surface area contributed by atoms with Crippen LogP contribution >= 0.6 is 11.8 Å². The minimum atomic E-state index is 0.520. The molecule has 3 nitrogen and oxygen atoms in total. The first kappa shape index (κ1) is 12.0. The molecule has 0 saturated carbocycles. The molecule has 2 unspecified atom stereocenters. The van der Waals surface area contributed by atoms with Gasteiger partial charge in [-0.25, -0.2) is 0 Å². The molecule has 0 radical (unpaired) electrons. The van der Waals surface area contributed by atoms with Gasteiger partial charge < -0.3 is 5.32 Å². The van der Waals surface area contributed by atoms with Crippen molar-refractivity contribution in [3.63, 3.8) is 0 Å². The van der Waals surface area contributed by atoms with Crippen LogP contribution in [0.2, 0.25) is 0 Å². The van der Waals surface area contributed by atoms with Gasteiger partial charge in [-0.05, 0) is 38.5 Å². The molecule has 0 aliphatic carbocycles. The Morgan fingerprint density at radius 2 is 2.56 bits per heavy atom. The highest BCUT2D eigenvalue weighted by atomic mass is 32.2. The number of thioether (sulfide) groups is 1. The van der Waals surface area contributed by atoms with Gasteiger partial charge in [0.15, 0.2) is 0 Å². The van der Waals surface area contributed by atoms with E-state index in [0.717, 1.165) is 12.1 Å². The molecule has 4 heteroatoms. The summed E-state index contributed by atoms with van der Waals surface area (Å²) in [6.07, 6.45) is 3.71. The van der Waals surface area contributed by atoms with E-state index >= 15 is 0 Å². The van der Waals surface area contributed by atoms with Crippen LogP contribution in [0.3, 0.4) is 0 Å². The third-order valence-electron chi connectivity index (χ3n) is 2.95. The number of rotatable bonds is 4. The number of nitrogens with one attached hydrogen (secondary N) is 2. The van der Waals surface area contributed by atoms with E-state index in [-0.39, 0.29) is 0 Å². The van der Waals surface area contributed by atoms with Crippen LogP contribution in [-0.2, 0) is 6.42 Å². The number of aromatic nitrogens is 2. The van der Waals surface area contributed by atoms with E-state index in [1.807, 2.05) is 6.92 Å². The predicted molar refractivity (Wildman–Crippen MR) is 70.0 cm³/mol. The fourth-order valence-electron chi connectivity index (χ4n) is 2.23. The van der Waals surface area contributed by atoms with Crippen LogP contribution in [0, 0.1) is 6.92 Å². The Labute approximate surface area is 102 Å². The van der Waals surface area contributed by atoms with Crippen LogP contribution in [0.25, 0.3) is 0 Å². The summed E-state index contributed by atoms with van der Waals surface area (Å²) in [7, 11) is 0. The van der Waals surface area contributed by atoms with E-state index in [9.17, 15) is 0 Å². The zero-order chi connectivity index (χ0) is 11.4. The van der Waals surface area contributed by atoms with E-state index in [4.69, 9.17) is 0 Å². The van der Waals surface area contributed by atoms with Gasteiger partial charge >= 0.3 is 0 Å². The lowest BCUT2D eigenvalue weighted by molar-refractivity contribution is 0.439. The molecule has 1 aromatic heterocycles. The van der Waals surface area contributed by atoms with Crippen LogP contribution in [0.5, 0.6) is 0 Å². The molecule has 2 heterocycles. The number of aryl methyl sites for hydroxylation is 1. The van der Waals surface area contributed by atoms with Gasteiger partial charge in [0, 0.05) is 30.0 Å². The van der Waals surface area contributed by atoms with Gasteiger partial charge in [-0.3, -0.25) is 5.10 Å². The van der Waals surface area contributed by atoms with Gasteiger partial charge in [-0.15, -0.1) is 0 Å². The third-order valence-corrected chi connectivity index (χ3v) is 4.17. The van der Waals surface area contributed by atoms with Crippen molar-refractivity contribution in [1.82, 2.24) is 15.5 Å². The van der Waals surface area contributed by atoms with Crippen molar-refractivity contribution in [1.29, 1.82) is 0 Å². The minimum absolute atomic E-state index is 0.520. The summed E-state index contributed by atoms with van der Waals surface area (Å²) in [5.41, 5.74) is 2.32. The first-order valence-corrected chi connectivity index (χ1v) is 7.24. The van der Waals surface area contributed by atoms with Crippen molar-refractivity contribution in [3.05, 3.63) is 17.5 Å². The fourth-order valence-corrected chi connectivity index (χ4v) is 3.31. The summed E-state index contributed by atoms with van der Waals surface area (Å²) < 4.78 is 0. The second-order valence-electron chi connectivity index (χ2n) is 4.73. The molecule has 1 saturated heterocycles. The van der Waals surface area contributed by atoms with Crippen LogP contribution in [0.15, 0.2) is 6.07 Å². The van der Waals surface area contributed by atoms with Crippen LogP contribution in [0.1, 0.15) is 31.2 Å². The lowest BCUT2D eigenvalue weighted by Gasteiger charge is -2.26. The molecule has 0 amide bonds. The zero-order valence-corrected chi connectivity index (χ0v) is 10.9. The third kappa shape index (κ3) is 3.52. The summed E-state index contributed by atoms with van der Waals surface area (Å²) in [6.45, 7) is 4.30. The van der Waals surface area contributed by atoms with Gasteiger partial charge in [0.1, 0.15) is 0 Å². The Morgan fingerprint density at radius 1 is 1.69 bits per heavy atom. The van der Waals surface area contributed by atoms with Crippen molar-refractivity contribution in [2.24, 2.45) is 0 Å². The Hall–Kier alpha value is -0.480. The average Bonchev–Trinajstić information content (AvgIpc) is 2.65. The van der Waals surface area contributed by atoms with Crippen molar-refractivity contribution in [2.75, 3.05) is 11.5 Å². The molecule has 0 aromatic carbocycles. The summed E-state index contributed by atoms with van der Waals surface area (Å²) in [5, 5.41) is 11.0. The predicted octanol–water partition coefficient (Wildman–Crippen LogP) is 2.13. The van der Waals surface area contributed by atoms with Crippen molar-refractivity contribution >= 4 is 11.8 Å². The molecule has 0 spiro atoms. The smallest absolute Gasteiger partial charge is 0.0640 e. The highest BCUT2D eigenvalue weighted by Gasteiger charge is 2.16. The van der Waals surface area contributed by atoms with Crippen LogP contribution < -0.4 is 5.32 Å². The van der Waals surface area contributed by atoms with E-state index in [0.29, 0.717) is 12.1 Å². The second kappa shape index (κ2) is 5.73. The normalized spacial score (nSPS) is 23.2. The summed E-state index contributed by atoms with van der Waals surface area (Å²) in [4.78, 5) is 0. The Morgan fingerprint density at radius 3 is 3.19 bits per heavy atom. The van der Waals surface area contributed by atoms with Gasteiger partial charge in [0.05, 0.1) is 5.69 Å². The van der Waals surface area contributed by atoms with Gasteiger partial charge in [0.2, 0.25) is 0 Å². The summed E-state index contributed by atoms with van der Waals surface area (Å²) in [5.74, 6) is 2.61. The molecule has 90 valence electrons. The standard InChI is InChI=1S/C12H21N3S/c1-9(6-12-7-10(2)14-15-12)13-11-4-3-5-16-8-11/h7,9,11,13H,3-6,8H2,1-2H3,(H,14,15). The number of hydrogen-bond donors (Lipinski definition) is 2. The average molecular weight is 239 g/mol. The monoisotopic (exact) mass is 239 g/mol. The number of nitrogens with zero attached hydrogens (tertiary/aromatic N) is 1. The molecule has 16 heavy (non-hydrogen) atoms. The lowest BCUT2D eigenvalue weighted by atomic mass is 10.1. The maximum absolute atomic E-state index is 4.28. The Bertz CT molecular complexity index is 318. The molecule has 1 aromatic rings. The van der Waals surface area contributed by atoms with Gasteiger partial charge in [0.25, 0.3) is 0 Å². The fraction of sp³-hybridized carbons (Fsp3) is 0.750.